The summed E-state index contributed by atoms with van der Waals surface area (Å²) in [4.78, 5) is 10.8. The van der Waals surface area contributed by atoms with Crippen molar-refractivity contribution in [1.82, 2.24) is 34.3 Å². The fraction of sp³-hybridized carbons (Fsp3) is 0.333. The molecule has 5 rings (SSSR count). The van der Waals surface area contributed by atoms with Crippen LogP contribution in [-0.2, 0) is 7.05 Å². The first-order chi connectivity index (χ1) is 14.6. The number of likely N-dealkylation sites (tertiary alicyclic amines) is 1. The largest absolute Gasteiger partial charge is 0.488 e. The number of aromatic nitrogens is 6. The van der Waals surface area contributed by atoms with Gasteiger partial charge >= 0.3 is 0 Å². The summed E-state index contributed by atoms with van der Waals surface area (Å²) in [6.07, 6.45) is 6.63. The molecule has 0 bridgehead atoms. The lowest BCUT2D eigenvalue weighted by atomic mass is 10.1. The molecule has 0 amide bonds. The second-order valence-corrected chi connectivity index (χ2v) is 7.64. The van der Waals surface area contributed by atoms with Gasteiger partial charge in [0.05, 0.1) is 11.7 Å². The minimum atomic E-state index is 0.481. The summed E-state index contributed by atoms with van der Waals surface area (Å²) >= 11 is 0. The van der Waals surface area contributed by atoms with E-state index in [1.807, 2.05) is 47.6 Å². The van der Waals surface area contributed by atoms with Crippen LogP contribution in [-0.4, -0.2) is 60.5 Å². The summed E-state index contributed by atoms with van der Waals surface area (Å²) in [5.41, 5.74) is 2.96. The quantitative estimate of drug-likeness (QED) is 0.529. The Hall–Kier alpha value is -3.46. The minimum absolute atomic E-state index is 0.481. The van der Waals surface area contributed by atoms with E-state index < -0.39 is 0 Å². The third kappa shape index (κ3) is 3.48. The fourth-order valence-electron chi connectivity index (χ4n) is 3.68. The molecule has 1 aliphatic heterocycles. The van der Waals surface area contributed by atoms with Crippen LogP contribution in [0.3, 0.4) is 0 Å². The van der Waals surface area contributed by atoms with Crippen LogP contribution in [0, 0.1) is 6.92 Å². The third-order valence-corrected chi connectivity index (χ3v) is 5.54. The topological polar surface area (TPSA) is 85.4 Å². The zero-order chi connectivity index (χ0) is 20.7. The molecule has 0 radical (unpaired) electrons. The number of pyridine rings is 1. The van der Waals surface area contributed by atoms with Gasteiger partial charge in [0, 0.05) is 37.1 Å². The number of fused-ring (bicyclic) bond motifs is 1. The number of rotatable bonds is 6. The number of nitrogens with one attached hydrogen (secondary N) is 1. The average molecular weight is 404 g/mol. The molecule has 4 aromatic rings. The van der Waals surface area contributed by atoms with Gasteiger partial charge in [0.2, 0.25) is 0 Å². The van der Waals surface area contributed by atoms with Crippen LogP contribution in [0.5, 0.6) is 5.75 Å². The SMILES string of the molecule is Cc1nccc(Nc2cc3cc(-c4c(OC[C@H]5CCN5C)cnn4C)ccn3n2)n1. The second kappa shape index (κ2) is 7.42. The molecule has 1 atom stereocenters. The maximum atomic E-state index is 6.12. The van der Waals surface area contributed by atoms with E-state index in [-0.39, 0.29) is 0 Å². The van der Waals surface area contributed by atoms with Gasteiger partial charge in [-0.25, -0.2) is 14.5 Å². The molecule has 154 valence electrons. The molecular weight excluding hydrogens is 380 g/mol. The van der Waals surface area contributed by atoms with Crippen molar-refractivity contribution in [3.05, 3.63) is 48.7 Å². The van der Waals surface area contributed by atoms with Gasteiger partial charge in [-0.05, 0) is 45.1 Å². The summed E-state index contributed by atoms with van der Waals surface area (Å²) in [7, 11) is 4.06. The van der Waals surface area contributed by atoms with Crippen molar-refractivity contribution in [2.45, 2.75) is 19.4 Å². The number of nitrogens with zero attached hydrogens (tertiary/aromatic N) is 7. The Bertz CT molecular complexity index is 1200. The van der Waals surface area contributed by atoms with Crippen LogP contribution < -0.4 is 10.1 Å². The van der Waals surface area contributed by atoms with Crippen molar-refractivity contribution in [3.8, 4) is 17.0 Å². The molecule has 9 nitrogen and oxygen atoms in total. The summed E-state index contributed by atoms with van der Waals surface area (Å²) in [6.45, 7) is 3.67. The molecule has 1 aliphatic rings. The highest BCUT2D eigenvalue weighted by molar-refractivity contribution is 5.72. The van der Waals surface area contributed by atoms with E-state index in [0.717, 1.165) is 40.7 Å². The monoisotopic (exact) mass is 404 g/mol. The maximum absolute atomic E-state index is 6.12. The Balaban J connectivity index is 1.40. The van der Waals surface area contributed by atoms with Crippen LogP contribution in [0.1, 0.15) is 12.2 Å². The molecule has 0 aliphatic carbocycles. The van der Waals surface area contributed by atoms with E-state index in [9.17, 15) is 0 Å². The van der Waals surface area contributed by atoms with E-state index >= 15 is 0 Å². The molecule has 0 saturated carbocycles. The molecule has 4 aromatic heterocycles. The Morgan fingerprint density at radius 3 is 2.87 bits per heavy atom. The molecule has 0 aromatic carbocycles. The number of likely N-dealkylation sites (N-methyl/N-ethyl adjacent to an activating group) is 1. The highest BCUT2D eigenvalue weighted by atomic mass is 16.5. The smallest absolute Gasteiger partial charge is 0.165 e. The predicted molar refractivity (Wildman–Crippen MR) is 114 cm³/mol. The van der Waals surface area contributed by atoms with Gasteiger partial charge in [0.25, 0.3) is 0 Å². The summed E-state index contributed by atoms with van der Waals surface area (Å²) in [6, 6.07) is 8.40. The molecule has 1 N–H and O–H groups in total. The van der Waals surface area contributed by atoms with Crippen LogP contribution in [0.2, 0.25) is 0 Å². The molecule has 30 heavy (non-hydrogen) atoms. The minimum Gasteiger partial charge on any atom is -0.488 e. The summed E-state index contributed by atoms with van der Waals surface area (Å²) < 4.78 is 9.81. The van der Waals surface area contributed by atoms with E-state index in [2.05, 4.69) is 43.5 Å². The van der Waals surface area contributed by atoms with E-state index in [1.165, 1.54) is 6.42 Å². The Morgan fingerprint density at radius 1 is 1.20 bits per heavy atom. The van der Waals surface area contributed by atoms with Gasteiger partial charge in [-0.1, -0.05) is 0 Å². The number of ether oxygens (including phenoxy) is 1. The van der Waals surface area contributed by atoms with E-state index in [0.29, 0.717) is 18.5 Å². The lowest BCUT2D eigenvalue weighted by Crippen LogP contribution is -2.48. The van der Waals surface area contributed by atoms with Gasteiger partial charge < -0.3 is 10.1 Å². The molecular formula is C21H24N8O. The molecule has 1 saturated heterocycles. The van der Waals surface area contributed by atoms with Crippen molar-refractivity contribution < 1.29 is 4.74 Å². The second-order valence-electron chi connectivity index (χ2n) is 7.64. The van der Waals surface area contributed by atoms with Crippen LogP contribution in [0.15, 0.2) is 42.9 Å². The Morgan fingerprint density at radius 2 is 2.10 bits per heavy atom. The number of anilines is 2. The van der Waals surface area contributed by atoms with Crippen molar-refractivity contribution in [3.63, 3.8) is 0 Å². The van der Waals surface area contributed by atoms with Crippen LogP contribution >= 0.6 is 0 Å². The van der Waals surface area contributed by atoms with Gasteiger partial charge in [-0.2, -0.15) is 10.2 Å². The average Bonchev–Trinajstić information content (AvgIpc) is 3.28. The van der Waals surface area contributed by atoms with Crippen molar-refractivity contribution in [1.29, 1.82) is 0 Å². The number of hydrogen-bond donors (Lipinski definition) is 1. The Kier molecular flexibility index (Phi) is 4.59. The highest BCUT2D eigenvalue weighted by Gasteiger charge is 2.25. The molecule has 1 fully saturated rings. The first-order valence-corrected chi connectivity index (χ1v) is 9.98. The predicted octanol–water partition coefficient (Wildman–Crippen LogP) is 2.66. The lowest BCUT2D eigenvalue weighted by Gasteiger charge is -2.37. The van der Waals surface area contributed by atoms with Gasteiger partial charge in [-0.3, -0.25) is 9.58 Å². The number of hydrogen-bond acceptors (Lipinski definition) is 7. The zero-order valence-corrected chi connectivity index (χ0v) is 17.3. The van der Waals surface area contributed by atoms with Crippen LogP contribution in [0.25, 0.3) is 16.8 Å². The summed E-state index contributed by atoms with van der Waals surface area (Å²) in [5.74, 6) is 2.95. The molecule has 9 heteroatoms. The normalized spacial score (nSPS) is 16.6. The first-order valence-electron chi connectivity index (χ1n) is 9.98. The third-order valence-electron chi connectivity index (χ3n) is 5.54. The van der Waals surface area contributed by atoms with Gasteiger partial charge in [0.15, 0.2) is 11.6 Å². The lowest BCUT2D eigenvalue weighted by molar-refractivity contribution is 0.0771. The maximum Gasteiger partial charge on any atom is 0.165 e. The fourth-order valence-corrected chi connectivity index (χ4v) is 3.68. The van der Waals surface area contributed by atoms with Crippen LogP contribution in [0.4, 0.5) is 11.6 Å². The van der Waals surface area contributed by atoms with Crippen molar-refractivity contribution in [2.24, 2.45) is 7.05 Å². The van der Waals surface area contributed by atoms with Gasteiger partial charge in [0.1, 0.15) is 23.9 Å². The molecule has 5 heterocycles. The number of aryl methyl sites for hydroxylation is 2. The van der Waals surface area contributed by atoms with E-state index in [1.54, 1.807) is 12.4 Å². The first kappa shape index (κ1) is 18.6. The van der Waals surface area contributed by atoms with Crippen molar-refractivity contribution in [2.75, 3.05) is 25.5 Å². The zero-order valence-electron chi connectivity index (χ0n) is 17.3. The van der Waals surface area contributed by atoms with E-state index in [4.69, 9.17) is 4.74 Å². The highest BCUT2D eigenvalue weighted by Crippen LogP contribution is 2.31. The standard InChI is InChI=1S/C21H24N8O/c1-14-22-7-4-19(24-14)25-20-11-17-10-15(5-9-29(17)26-20)21-18(12-23-28(21)3)30-13-16-6-8-27(16)2/h4-5,7,9-12,16H,6,8,13H2,1-3H3,(H,22,24,25,26)/t16-/m1/s1. The van der Waals surface area contributed by atoms with Gasteiger partial charge in [-0.15, -0.1) is 0 Å². The van der Waals surface area contributed by atoms with Crippen molar-refractivity contribution >= 4 is 17.2 Å². The Labute approximate surface area is 174 Å². The molecule has 0 spiro atoms. The molecule has 0 unspecified atom stereocenters. The summed E-state index contributed by atoms with van der Waals surface area (Å²) in [5, 5.41) is 12.2.